The predicted molar refractivity (Wildman–Crippen MR) is 73.2 cm³/mol. The van der Waals surface area contributed by atoms with Crippen molar-refractivity contribution >= 4 is 5.91 Å². The molecule has 0 aromatic carbocycles. The van der Waals surface area contributed by atoms with Gasteiger partial charge in [-0.3, -0.25) is 4.79 Å². The van der Waals surface area contributed by atoms with Crippen LogP contribution in [0.1, 0.15) is 55.5 Å². The minimum absolute atomic E-state index is 0.0955. The van der Waals surface area contributed by atoms with Crippen LogP contribution in [0.3, 0.4) is 0 Å². The van der Waals surface area contributed by atoms with Gasteiger partial charge < -0.3 is 14.4 Å². The molecule has 1 atom stereocenters. The Kier molecular flexibility index (Phi) is 3.72. The summed E-state index contributed by atoms with van der Waals surface area (Å²) < 4.78 is 5.63. The molecular formula is C15H23NO3. The molecule has 19 heavy (non-hydrogen) atoms. The van der Waals surface area contributed by atoms with Gasteiger partial charge in [0.25, 0.3) is 5.91 Å². The van der Waals surface area contributed by atoms with E-state index in [2.05, 4.69) is 0 Å². The number of aryl methyl sites for hydroxylation is 2. The van der Waals surface area contributed by atoms with Crippen LogP contribution in [0.2, 0.25) is 0 Å². The predicted octanol–water partition coefficient (Wildman–Crippen LogP) is 2.53. The van der Waals surface area contributed by atoms with Gasteiger partial charge in [0.15, 0.2) is 5.76 Å². The number of rotatable bonds is 3. The van der Waals surface area contributed by atoms with Gasteiger partial charge in [0, 0.05) is 18.5 Å². The molecule has 1 aliphatic rings. The summed E-state index contributed by atoms with van der Waals surface area (Å²) in [6, 6.07) is 1.79. The summed E-state index contributed by atoms with van der Waals surface area (Å²) in [5.41, 5.74) is 0.00325. The van der Waals surface area contributed by atoms with Gasteiger partial charge in [-0.05, 0) is 39.7 Å². The van der Waals surface area contributed by atoms with Gasteiger partial charge >= 0.3 is 0 Å². The number of hydrogen-bond donors (Lipinski definition) is 1. The van der Waals surface area contributed by atoms with E-state index < -0.39 is 5.60 Å². The van der Waals surface area contributed by atoms with E-state index in [-0.39, 0.29) is 11.9 Å². The van der Waals surface area contributed by atoms with Crippen molar-refractivity contribution < 1.29 is 14.3 Å². The fourth-order valence-corrected chi connectivity index (χ4v) is 2.81. The van der Waals surface area contributed by atoms with Crippen LogP contribution in [0.5, 0.6) is 0 Å². The van der Waals surface area contributed by atoms with Crippen molar-refractivity contribution in [1.29, 1.82) is 0 Å². The first-order valence-electron chi connectivity index (χ1n) is 6.97. The van der Waals surface area contributed by atoms with E-state index in [9.17, 15) is 9.90 Å². The molecule has 106 valence electrons. The van der Waals surface area contributed by atoms with Crippen molar-refractivity contribution in [3.05, 3.63) is 23.2 Å². The van der Waals surface area contributed by atoms with E-state index in [1.165, 1.54) is 0 Å². The third-order valence-electron chi connectivity index (χ3n) is 3.84. The molecule has 1 N–H and O–H groups in total. The van der Waals surface area contributed by atoms with Crippen molar-refractivity contribution in [3.8, 4) is 0 Å². The average molecular weight is 265 g/mol. The lowest BCUT2D eigenvalue weighted by Gasteiger charge is -2.33. The Hall–Kier alpha value is -1.29. The molecule has 1 saturated heterocycles. The Morgan fingerprint density at radius 3 is 2.79 bits per heavy atom. The molecule has 1 amide bonds. The minimum Gasteiger partial charge on any atom is -0.456 e. The fourth-order valence-electron chi connectivity index (χ4n) is 2.81. The van der Waals surface area contributed by atoms with Gasteiger partial charge in [0.2, 0.25) is 0 Å². The monoisotopic (exact) mass is 265 g/mol. The lowest BCUT2D eigenvalue weighted by Crippen LogP contribution is -2.48. The zero-order valence-corrected chi connectivity index (χ0v) is 12.2. The molecule has 0 aliphatic carbocycles. The topological polar surface area (TPSA) is 53.7 Å². The van der Waals surface area contributed by atoms with Gasteiger partial charge in [-0.25, -0.2) is 0 Å². The van der Waals surface area contributed by atoms with E-state index >= 15 is 0 Å². The van der Waals surface area contributed by atoms with Crippen LogP contribution in [0.25, 0.3) is 0 Å². The van der Waals surface area contributed by atoms with Crippen molar-refractivity contribution in [1.82, 2.24) is 4.90 Å². The van der Waals surface area contributed by atoms with Crippen LogP contribution < -0.4 is 0 Å². The maximum Gasteiger partial charge on any atom is 0.290 e. The number of carbonyl (C=O) groups is 1. The lowest BCUT2D eigenvalue weighted by atomic mass is 9.96. The number of amides is 1. The molecule has 0 bridgehead atoms. The Morgan fingerprint density at radius 2 is 2.26 bits per heavy atom. The second kappa shape index (κ2) is 5.00. The van der Waals surface area contributed by atoms with Crippen LogP contribution in [0, 0.1) is 6.92 Å². The third kappa shape index (κ3) is 2.68. The minimum atomic E-state index is -0.875. The van der Waals surface area contributed by atoms with Gasteiger partial charge in [0.05, 0.1) is 11.6 Å². The van der Waals surface area contributed by atoms with E-state index in [0.29, 0.717) is 12.3 Å². The molecule has 1 fully saturated rings. The van der Waals surface area contributed by atoms with Crippen molar-refractivity contribution in [2.24, 2.45) is 0 Å². The standard InChI is InChI=1S/C15H23NO3/c1-5-11-9-10(2)13(19-11)14(17)16-8-6-7-12(16)15(3,4)18/h9,12,18H,5-8H2,1-4H3/t12-/m1/s1. The zero-order chi connectivity index (χ0) is 14.2. The molecular weight excluding hydrogens is 242 g/mol. The van der Waals surface area contributed by atoms with Gasteiger partial charge in [-0.15, -0.1) is 0 Å². The maximum absolute atomic E-state index is 12.6. The quantitative estimate of drug-likeness (QED) is 0.913. The van der Waals surface area contributed by atoms with Crippen molar-refractivity contribution in [2.75, 3.05) is 6.54 Å². The van der Waals surface area contributed by atoms with Gasteiger partial charge in [0.1, 0.15) is 5.76 Å². The Labute approximate surface area is 114 Å². The summed E-state index contributed by atoms with van der Waals surface area (Å²) in [4.78, 5) is 14.3. The summed E-state index contributed by atoms with van der Waals surface area (Å²) in [7, 11) is 0. The highest BCUT2D eigenvalue weighted by Gasteiger charge is 2.39. The second-order valence-corrected chi connectivity index (χ2v) is 5.89. The first-order chi connectivity index (χ1) is 8.84. The molecule has 0 spiro atoms. The van der Waals surface area contributed by atoms with E-state index in [4.69, 9.17) is 4.42 Å². The third-order valence-corrected chi connectivity index (χ3v) is 3.84. The largest absolute Gasteiger partial charge is 0.456 e. The van der Waals surface area contributed by atoms with E-state index in [1.807, 2.05) is 19.9 Å². The fraction of sp³-hybridized carbons (Fsp3) is 0.667. The summed E-state index contributed by atoms with van der Waals surface area (Å²) >= 11 is 0. The van der Waals surface area contributed by atoms with Gasteiger partial charge in [-0.1, -0.05) is 6.92 Å². The molecule has 0 unspecified atom stereocenters. The summed E-state index contributed by atoms with van der Waals surface area (Å²) in [5, 5.41) is 10.2. The summed E-state index contributed by atoms with van der Waals surface area (Å²) in [6.45, 7) is 8.10. The molecule has 0 radical (unpaired) electrons. The molecule has 1 aromatic rings. The van der Waals surface area contributed by atoms with Crippen LogP contribution in [-0.4, -0.2) is 34.1 Å². The molecule has 4 heteroatoms. The molecule has 0 saturated carbocycles. The number of hydrogen-bond acceptors (Lipinski definition) is 3. The smallest absolute Gasteiger partial charge is 0.290 e. The first kappa shape index (κ1) is 14.1. The molecule has 4 nitrogen and oxygen atoms in total. The lowest BCUT2D eigenvalue weighted by molar-refractivity contribution is -0.000847. The number of carbonyl (C=O) groups excluding carboxylic acids is 1. The van der Waals surface area contributed by atoms with Crippen LogP contribution in [0.4, 0.5) is 0 Å². The number of furan rings is 1. The van der Waals surface area contributed by atoms with Crippen LogP contribution in [-0.2, 0) is 6.42 Å². The maximum atomic E-state index is 12.6. The first-order valence-corrected chi connectivity index (χ1v) is 6.97. The van der Waals surface area contributed by atoms with E-state index in [1.54, 1.807) is 18.7 Å². The molecule has 2 rings (SSSR count). The Bertz CT molecular complexity index is 470. The van der Waals surface area contributed by atoms with Gasteiger partial charge in [-0.2, -0.15) is 0 Å². The Morgan fingerprint density at radius 1 is 1.58 bits per heavy atom. The number of aliphatic hydroxyl groups is 1. The van der Waals surface area contributed by atoms with Crippen molar-refractivity contribution in [3.63, 3.8) is 0 Å². The highest BCUT2D eigenvalue weighted by atomic mass is 16.4. The van der Waals surface area contributed by atoms with E-state index in [0.717, 1.165) is 30.6 Å². The SMILES string of the molecule is CCc1cc(C)c(C(=O)N2CCC[C@@H]2C(C)(C)O)o1. The molecule has 1 aliphatic heterocycles. The van der Waals surface area contributed by atoms with Crippen molar-refractivity contribution in [2.45, 2.75) is 58.6 Å². The van der Waals surface area contributed by atoms with Crippen LogP contribution >= 0.6 is 0 Å². The summed E-state index contributed by atoms with van der Waals surface area (Å²) in [5.74, 6) is 1.16. The Balaban J connectivity index is 2.25. The molecule has 1 aromatic heterocycles. The highest BCUT2D eigenvalue weighted by Crippen LogP contribution is 2.29. The zero-order valence-electron chi connectivity index (χ0n) is 12.2. The highest BCUT2D eigenvalue weighted by molar-refractivity contribution is 5.93. The average Bonchev–Trinajstić information content (AvgIpc) is 2.93. The number of likely N-dealkylation sites (tertiary alicyclic amines) is 1. The number of nitrogens with zero attached hydrogens (tertiary/aromatic N) is 1. The second-order valence-electron chi connectivity index (χ2n) is 5.89. The molecule has 2 heterocycles. The normalized spacial score (nSPS) is 20.1. The summed E-state index contributed by atoms with van der Waals surface area (Å²) in [6.07, 6.45) is 2.56. The van der Waals surface area contributed by atoms with Crippen LogP contribution in [0.15, 0.2) is 10.5 Å².